The highest BCUT2D eigenvalue weighted by molar-refractivity contribution is 7.91. The number of benzene rings is 6. The van der Waals surface area contributed by atoms with Gasteiger partial charge in [-0.15, -0.1) is 0 Å². The molecule has 7 aromatic rings. The third kappa shape index (κ3) is 13.9. The van der Waals surface area contributed by atoms with Crippen molar-refractivity contribution >= 4 is 79.7 Å². The number of nitrogens with one attached hydrogen (secondary N) is 4. The van der Waals surface area contributed by atoms with Crippen molar-refractivity contribution in [3.63, 3.8) is 0 Å². The Morgan fingerprint density at radius 2 is 1.09 bits per heavy atom. The van der Waals surface area contributed by atoms with Crippen molar-refractivity contribution in [3.05, 3.63) is 163 Å². The largest absolute Gasteiger partial charge is 0.435 e. The Balaban J connectivity index is 0.000000226. The van der Waals surface area contributed by atoms with Gasteiger partial charge < -0.3 is 31.1 Å². The Morgan fingerprint density at radius 3 is 1.55 bits per heavy atom. The first kappa shape index (κ1) is 57.6. The van der Waals surface area contributed by atoms with E-state index in [0.29, 0.717) is 17.4 Å². The molecule has 2 amide bonds. The van der Waals surface area contributed by atoms with Crippen molar-refractivity contribution < 1.29 is 71.6 Å². The van der Waals surface area contributed by atoms with Crippen molar-refractivity contribution in [1.29, 1.82) is 0 Å². The number of hydrogen-bond donors (Lipinski definition) is 6. The Kier molecular flexibility index (Phi) is 16.9. The van der Waals surface area contributed by atoms with E-state index >= 15 is 8.78 Å². The number of nitrogens with zero attached hydrogens (tertiary/aromatic N) is 4. The number of rotatable bonds is 14. The first-order chi connectivity index (χ1) is 36.5. The lowest BCUT2D eigenvalue weighted by molar-refractivity contribution is -0.141. The predicted octanol–water partition coefficient (Wildman–Crippen LogP) is 9.43. The minimum atomic E-state index is -4.87. The molecule has 0 bridgehead atoms. The van der Waals surface area contributed by atoms with Crippen LogP contribution in [-0.4, -0.2) is 93.0 Å². The standard InChI is InChI=1S/C25H23BF4N4O4S.C25H21BF4N4O4S/c2*1-26(36)32-16-6-5-7-17(13-16)34-21(14-23(33-34)25(28,29)30)24(35)31-20-11-10-15(12-19(20)27)18-8-3-4-9-22(18)39(2,37)38/h3-13,21,32,36H,14H2,1-2H3,(H,31,35);3-14,32,36H,1-2H3,(H,31,35). The van der Waals surface area contributed by atoms with Gasteiger partial charge in [-0.25, -0.2) is 30.3 Å². The first-order valence-electron chi connectivity index (χ1n) is 23.0. The lowest BCUT2D eigenvalue weighted by Crippen LogP contribution is -2.39. The molecule has 0 fully saturated rings. The van der Waals surface area contributed by atoms with Gasteiger partial charge in [0.2, 0.25) is 5.91 Å². The Bertz CT molecular complexity index is 3680. The summed E-state index contributed by atoms with van der Waals surface area (Å²) in [6.45, 7) is 2.90. The second-order valence-corrected chi connectivity index (χ2v) is 21.5. The number of hydrazone groups is 1. The maximum Gasteiger partial charge on any atom is 0.435 e. The summed E-state index contributed by atoms with van der Waals surface area (Å²) in [6, 6.07) is 30.1. The van der Waals surface area contributed by atoms with Crippen LogP contribution < -0.4 is 26.1 Å². The molecule has 6 N–H and O–H groups in total. The molecule has 1 unspecified atom stereocenters. The molecule has 0 spiro atoms. The van der Waals surface area contributed by atoms with Crippen molar-refractivity contribution in [3.8, 4) is 27.9 Å². The summed E-state index contributed by atoms with van der Waals surface area (Å²) in [5.41, 5.74) is -1.76. The molecule has 406 valence electrons. The molecule has 78 heavy (non-hydrogen) atoms. The Labute approximate surface area is 441 Å². The highest BCUT2D eigenvalue weighted by Gasteiger charge is 2.46. The maximum absolute atomic E-state index is 15.1. The second-order valence-electron chi connectivity index (χ2n) is 17.5. The highest BCUT2D eigenvalue weighted by Crippen LogP contribution is 2.36. The fourth-order valence-corrected chi connectivity index (χ4v) is 9.80. The van der Waals surface area contributed by atoms with Gasteiger partial charge in [0, 0.05) is 47.5 Å². The molecular formula is C50H44B2F8N8O8S2. The van der Waals surface area contributed by atoms with Crippen LogP contribution in [0.5, 0.6) is 0 Å². The Morgan fingerprint density at radius 1 is 0.615 bits per heavy atom. The second kappa shape index (κ2) is 22.9. The molecule has 6 aromatic carbocycles. The van der Waals surface area contributed by atoms with E-state index in [1.807, 2.05) is 0 Å². The van der Waals surface area contributed by atoms with E-state index in [1.165, 1.54) is 111 Å². The molecular weight excluding hydrogens is 1080 g/mol. The van der Waals surface area contributed by atoms with Crippen LogP contribution in [0, 0.1) is 11.6 Å². The van der Waals surface area contributed by atoms with Gasteiger partial charge in [0.1, 0.15) is 29.1 Å². The van der Waals surface area contributed by atoms with Gasteiger partial charge in [-0.2, -0.15) is 36.5 Å². The van der Waals surface area contributed by atoms with Crippen LogP contribution in [0.25, 0.3) is 27.9 Å². The summed E-state index contributed by atoms with van der Waals surface area (Å²) >= 11 is 0. The average molecular weight is 1120 g/mol. The number of alkyl halides is 6. The summed E-state index contributed by atoms with van der Waals surface area (Å²) in [5.74, 6) is -3.85. The first-order valence-corrected chi connectivity index (χ1v) is 26.8. The summed E-state index contributed by atoms with van der Waals surface area (Å²) in [6.07, 6.45) is -8.38. The van der Waals surface area contributed by atoms with Gasteiger partial charge in [0.25, 0.3) is 5.91 Å². The van der Waals surface area contributed by atoms with E-state index in [2.05, 4.69) is 31.3 Å². The van der Waals surface area contributed by atoms with Crippen LogP contribution in [0.1, 0.15) is 22.6 Å². The summed E-state index contributed by atoms with van der Waals surface area (Å²) in [5, 5.41) is 37.1. The highest BCUT2D eigenvalue weighted by atomic mass is 32.2. The van der Waals surface area contributed by atoms with Crippen molar-refractivity contribution in [2.75, 3.05) is 38.6 Å². The molecule has 0 aliphatic carbocycles. The minimum Gasteiger partial charge on any atom is -0.433 e. The Hall–Kier alpha value is -8.07. The fraction of sp³-hybridized carbons (Fsp3) is 0.160. The van der Waals surface area contributed by atoms with E-state index in [0.717, 1.165) is 34.3 Å². The van der Waals surface area contributed by atoms with Gasteiger partial charge in [0.15, 0.2) is 25.4 Å². The number of aromatic nitrogens is 2. The topological polar surface area (TPSA) is 224 Å². The van der Waals surface area contributed by atoms with E-state index in [-0.39, 0.29) is 54.8 Å². The van der Waals surface area contributed by atoms with Crippen LogP contribution in [0.15, 0.2) is 154 Å². The van der Waals surface area contributed by atoms with Gasteiger partial charge >= 0.3 is 26.5 Å². The third-order valence-electron chi connectivity index (χ3n) is 11.4. The van der Waals surface area contributed by atoms with Crippen molar-refractivity contribution in [2.45, 2.75) is 48.3 Å². The van der Waals surface area contributed by atoms with Crippen molar-refractivity contribution in [2.24, 2.45) is 5.10 Å². The van der Waals surface area contributed by atoms with Crippen molar-refractivity contribution in [1.82, 2.24) is 9.78 Å². The zero-order chi connectivity index (χ0) is 57.1. The van der Waals surface area contributed by atoms with Crippen LogP contribution in [0.2, 0.25) is 13.6 Å². The molecule has 0 saturated heterocycles. The lowest BCUT2D eigenvalue weighted by atomic mass is 9.88. The minimum absolute atomic E-state index is 0.00748. The summed E-state index contributed by atoms with van der Waals surface area (Å²) < 4.78 is 160. The molecule has 2 heterocycles. The fourth-order valence-electron chi connectivity index (χ4n) is 7.98. The quantitative estimate of drug-likeness (QED) is 0.0443. The zero-order valence-corrected chi connectivity index (χ0v) is 42.8. The molecule has 1 atom stereocenters. The van der Waals surface area contributed by atoms with Crippen LogP contribution in [0.3, 0.4) is 0 Å². The molecule has 1 aromatic heterocycles. The average Bonchev–Trinajstić information content (AvgIpc) is 4.03. The summed E-state index contributed by atoms with van der Waals surface area (Å²) in [7, 11) is -9.14. The lowest BCUT2D eigenvalue weighted by Gasteiger charge is -2.23. The number of carbonyl (C=O) groups is 2. The molecule has 1 aliphatic heterocycles. The molecule has 28 heteroatoms. The number of anilines is 5. The predicted molar refractivity (Wildman–Crippen MR) is 281 cm³/mol. The van der Waals surface area contributed by atoms with Gasteiger partial charge in [-0.3, -0.25) is 14.6 Å². The van der Waals surface area contributed by atoms with Crippen LogP contribution in [-0.2, 0) is 30.6 Å². The number of amides is 2. The van der Waals surface area contributed by atoms with E-state index in [9.17, 15) is 62.8 Å². The SMILES string of the molecule is CB(O)Nc1cccc(-n2nc(C(F)(F)F)cc2C(=O)Nc2ccc(-c3ccccc3S(C)(=O)=O)cc2F)c1.CB(O)Nc1cccc(N2N=C(C(F)(F)F)CC2C(=O)Nc2ccc(-c3ccccc3S(C)(=O)=O)cc2F)c1. The maximum atomic E-state index is 15.1. The molecule has 16 nitrogen and oxygen atoms in total. The summed E-state index contributed by atoms with van der Waals surface area (Å²) in [4.78, 5) is 26.2. The van der Waals surface area contributed by atoms with Crippen LogP contribution in [0.4, 0.5) is 63.6 Å². The zero-order valence-electron chi connectivity index (χ0n) is 41.2. The van der Waals surface area contributed by atoms with E-state index < -0.39 is 99.1 Å². The van der Waals surface area contributed by atoms with Gasteiger partial charge in [0.05, 0.1) is 32.5 Å². The van der Waals surface area contributed by atoms with Crippen LogP contribution >= 0.6 is 0 Å². The van der Waals surface area contributed by atoms with E-state index in [4.69, 9.17) is 0 Å². The van der Waals surface area contributed by atoms with Gasteiger partial charge in [-0.1, -0.05) is 60.7 Å². The molecule has 0 radical (unpaired) electrons. The third-order valence-corrected chi connectivity index (χ3v) is 13.7. The molecule has 1 aliphatic rings. The smallest absolute Gasteiger partial charge is 0.433 e. The molecule has 0 saturated carbocycles. The number of halogens is 8. The number of sulfone groups is 2. The molecule has 8 rings (SSSR count). The normalized spacial score (nSPS) is 13.7. The monoisotopic (exact) mass is 1120 g/mol. The van der Waals surface area contributed by atoms with E-state index in [1.54, 1.807) is 24.3 Å². The number of carbonyl (C=O) groups excluding carboxylic acids is 2. The number of hydrogen-bond acceptors (Lipinski definition) is 13. The van der Waals surface area contributed by atoms with Gasteiger partial charge in [-0.05, 0) is 97.6 Å².